The van der Waals surface area contributed by atoms with Crippen LogP contribution in [0.25, 0.3) is 0 Å². The Hall–Kier alpha value is -1.76. The van der Waals surface area contributed by atoms with Gasteiger partial charge in [-0.1, -0.05) is 18.9 Å². The molecule has 1 saturated carbocycles. The van der Waals surface area contributed by atoms with Gasteiger partial charge >= 0.3 is 0 Å². The largest absolute Gasteiger partial charge is 0.497 e. The van der Waals surface area contributed by atoms with Gasteiger partial charge in [0.25, 0.3) is 0 Å². The molecule has 0 bridgehead atoms. The molecule has 0 unspecified atom stereocenters. The molecule has 0 spiro atoms. The Balaban J connectivity index is 2.20. The molecule has 0 radical (unpaired) electrons. The van der Waals surface area contributed by atoms with E-state index in [0.29, 0.717) is 11.4 Å². The first-order chi connectivity index (χ1) is 10.8. The van der Waals surface area contributed by atoms with Gasteiger partial charge in [0.05, 0.1) is 19.1 Å². The molecule has 1 aliphatic carbocycles. The molecule has 0 atom stereocenters. The molecular weight excluding hydrogens is 316 g/mol. The normalized spacial score (nSPS) is 15.4. The van der Waals surface area contributed by atoms with Gasteiger partial charge in [0, 0.05) is 19.2 Å². The van der Waals surface area contributed by atoms with Gasteiger partial charge in [0.15, 0.2) is 0 Å². The Morgan fingerprint density at radius 1 is 1.30 bits per heavy atom. The quantitative estimate of drug-likeness (QED) is 0.793. The van der Waals surface area contributed by atoms with Gasteiger partial charge in [-0.15, -0.1) is 0 Å². The molecule has 1 aromatic rings. The monoisotopic (exact) mass is 340 g/mol. The Morgan fingerprint density at radius 2 is 1.96 bits per heavy atom. The van der Waals surface area contributed by atoms with Gasteiger partial charge in [0.2, 0.25) is 15.9 Å². The summed E-state index contributed by atoms with van der Waals surface area (Å²) in [7, 11) is -0.294. The van der Waals surface area contributed by atoms with Crippen molar-refractivity contribution in [1.82, 2.24) is 4.90 Å². The first kappa shape index (κ1) is 17.6. The minimum atomic E-state index is -3.56. The third kappa shape index (κ3) is 4.37. The van der Waals surface area contributed by atoms with Crippen LogP contribution in [0.5, 0.6) is 5.75 Å². The highest BCUT2D eigenvalue weighted by atomic mass is 32.2. The summed E-state index contributed by atoms with van der Waals surface area (Å²) >= 11 is 0. The van der Waals surface area contributed by atoms with Crippen molar-refractivity contribution in [2.75, 3.05) is 31.3 Å². The lowest BCUT2D eigenvalue weighted by Crippen LogP contribution is -2.44. The van der Waals surface area contributed by atoms with Crippen molar-refractivity contribution in [1.29, 1.82) is 0 Å². The second kappa shape index (κ2) is 7.21. The highest BCUT2D eigenvalue weighted by Gasteiger charge is 2.27. The molecule has 0 heterocycles. The summed E-state index contributed by atoms with van der Waals surface area (Å²) in [5, 5.41) is 0. The molecule has 2 rings (SSSR count). The number of ether oxygens (including phenoxy) is 1. The van der Waals surface area contributed by atoms with Crippen LogP contribution in [0.15, 0.2) is 24.3 Å². The van der Waals surface area contributed by atoms with Crippen LogP contribution in [0.1, 0.15) is 25.7 Å². The zero-order chi connectivity index (χ0) is 17.0. The summed E-state index contributed by atoms with van der Waals surface area (Å²) in [6, 6.07) is 6.93. The fraction of sp³-hybridized carbons (Fsp3) is 0.562. The number of likely N-dealkylation sites (N-methyl/N-ethyl adjacent to an activating group) is 1. The summed E-state index contributed by atoms with van der Waals surface area (Å²) < 4.78 is 30.5. The van der Waals surface area contributed by atoms with E-state index in [9.17, 15) is 13.2 Å². The number of carbonyl (C=O) groups is 1. The van der Waals surface area contributed by atoms with Crippen LogP contribution in [0.4, 0.5) is 5.69 Å². The molecule has 0 N–H and O–H groups in total. The van der Waals surface area contributed by atoms with Crippen LogP contribution in [-0.2, 0) is 14.8 Å². The number of rotatable bonds is 6. The number of methoxy groups -OCH3 is 1. The maximum Gasteiger partial charge on any atom is 0.243 e. The Labute approximate surface area is 138 Å². The van der Waals surface area contributed by atoms with E-state index in [-0.39, 0.29) is 18.5 Å². The molecule has 128 valence electrons. The Bertz CT molecular complexity index is 654. The van der Waals surface area contributed by atoms with E-state index in [4.69, 9.17) is 4.74 Å². The lowest BCUT2D eigenvalue weighted by atomic mass is 10.2. The maximum absolute atomic E-state index is 12.5. The number of hydrogen-bond donors (Lipinski definition) is 0. The van der Waals surface area contributed by atoms with Gasteiger partial charge in [-0.3, -0.25) is 9.10 Å². The van der Waals surface area contributed by atoms with Crippen molar-refractivity contribution in [2.45, 2.75) is 31.7 Å². The third-order valence-electron chi connectivity index (χ3n) is 4.29. The van der Waals surface area contributed by atoms with Crippen molar-refractivity contribution in [3.8, 4) is 5.75 Å². The molecule has 1 amide bonds. The number of hydrogen-bond acceptors (Lipinski definition) is 4. The number of benzene rings is 1. The SMILES string of the molecule is COc1cccc(N(CC(=O)N(C)C2CCCC2)S(C)(=O)=O)c1. The minimum Gasteiger partial charge on any atom is -0.497 e. The van der Waals surface area contributed by atoms with Gasteiger partial charge in [-0.2, -0.15) is 0 Å². The van der Waals surface area contributed by atoms with Gasteiger partial charge < -0.3 is 9.64 Å². The van der Waals surface area contributed by atoms with Gasteiger partial charge in [-0.05, 0) is 25.0 Å². The Morgan fingerprint density at radius 3 is 2.52 bits per heavy atom. The van der Waals surface area contributed by atoms with E-state index in [1.807, 2.05) is 0 Å². The number of amides is 1. The van der Waals surface area contributed by atoms with E-state index < -0.39 is 10.0 Å². The molecule has 0 aromatic heterocycles. The fourth-order valence-corrected chi connectivity index (χ4v) is 3.74. The van der Waals surface area contributed by atoms with E-state index in [1.54, 1.807) is 36.2 Å². The Kier molecular flexibility index (Phi) is 5.51. The van der Waals surface area contributed by atoms with Crippen LogP contribution in [0.2, 0.25) is 0 Å². The molecule has 23 heavy (non-hydrogen) atoms. The van der Waals surface area contributed by atoms with E-state index in [1.165, 1.54) is 7.11 Å². The molecule has 0 aliphatic heterocycles. The number of sulfonamides is 1. The zero-order valence-electron chi connectivity index (χ0n) is 13.9. The van der Waals surface area contributed by atoms with Crippen LogP contribution >= 0.6 is 0 Å². The van der Waals surface area contributed by atoms with Crippen LogP contribution in [0, 0.1) is 0 Å². The molecule has 1 aliphatic rings. The van der Waals surface area contributed by atoms with Gasteiger partial charge in [0.1, 0.15) is 12.3 Å². The fourth-order valence-electron chi connectivity index (χ4n) is 2.90. The second-order valence-electron chi connectivity index (χ2n) is 5.91. The highest BCUT2D eigenvalue weighted by Crippen LogP contribution is 2.25. The van der Waals surface area contributed by atoms with Crippen molar-refractivity contribution >= 4 is 21.6 Å². The summed E-state index contributed by atoms with van der Waals surface area (Å²) in [4.78, 5) is 14.2. The van der Waals surface area contributed by atoms with Gasteiger partial charge in [-0.25, -0.2) is 8.42 Å². The number of carbonyl (C=O) groups excluding carboxylic acids is 1. The van der Waals surface area contributed by atoms with Crippen LogP contribution in [-0.4, -0.2) is 52.2 Å². The second-order valence-corrected chi connectivity index (χ2v) is 7.82. The average Bonchev–Trinajstić information content (AvgIpc) is 3.04. The molecule has 6 nitrogen and oxygen atoms in total. The topological polar surface area (TPSA) is 66.9 Å². The summed E-state index contributed by atoms with van der Waals surface area (Å²) in [6.45, 7) is -0.195. The molecular formula is C16H24N2O4S. The van der Waals surface area contributed by atoms with Crippen molar-refractivity contribution in [3.63, 3.8) is 0 Å². The van der Waals surface area contributed by atoms with E-state index in [0.717, 1.165) is 36.2 Å². The number of nitrogens with zero attached hydrogens (tertiary/aromatic N) is 2. The average molecular weight is 340 g/mol. The summed E-state index contributed by atoms with van der Waals surface area (Å²) in [5.74, 6) is 0.359. The summed E-state index contributed by atoms with van der Waals surface area (Å²) in [6.07, 6.45) is 5.32. The number of anilines is 1. The van der Waals surface area contributed by atoms with Crippen LogP contribution < -0.4 is 9.04 Å². The predicted octanol–water partition coefficient (Wildman–Crippen LogP) is 1.86. The van der Waals surface area contributed by atoms with Crippen molar-refractivity contribution < 1.29 is 17.9 Å². The lowest BCUT2D eigenvalue weighted by Gasteiger charge is -2.28. The first-order valence-corrected chi connectivity index (χ1v) is 9.55. The molecule has 0 saturated heterocycles. The molecule has 7 heteroatoms. The summed E-state index contributed by atoms with van der Waals surface area (Å²) in [5.41, 5.74) is 0.431. The maximum atomic E-state index is 12.5. The van der Waals surface area contributed by atoms with E-state index in [2.05, 4.69) is 0 Å². The highest BCUT2D eigenvalue weighted by molar-refractivity contribution is 7.92. The minimum absolute atomic E-state index is 0.190. The zero-order valence-corrected chi connectivity index (χ0v) is 14.7. The smallest absolute Gasteiger partial charge is 0.243 e. The van der Waals surface area contributed by atoms with Crippen molar-refractivity contribution in [2.24, 2.45) is 0 Å². The first-order valence-electron chi connectivity index (χ1n) is 7.70. The van der Waals surface area contributed by atoms with Crippen molar-refractivity contribution in [3.05, 3.63) is 24.3 Å². The van der Waals surface area contributed by atoms with E-state index >= 15 is 0 Å². The van der Waals surface area contributed by atoms with Crippen LogP contribution in [0.3, 0.4) is 0 Å². The third-order valence-corrected chi connectivity index (χ3v) is 5.43. The predicted molar refractivity (Wildman–Crippen MR) is 90.2 cm³/mol. The lowest BCUT2D eigenvalue weighted by molar-refractivity contribution is -0.130. The molecule has 1 fully saturated rings. The standard InChI is InChI=1S/C16H24N2O4S/c1-17(13-7-4-5-8-13)16(19)12-18(23(3,20)21)14-9-6-10-15(11-14)22-2/h6,9-11,13H,4-5,7-8,12H2,1-3H3. The molecule has 1 aromatic carbocycles.